The van der Waals surface area contributed by atoms with Crippen LogP contribution >= 0.6 is 0 Å². The molecule has 0 aliphatic rings. The first-order valence-electron chi connectivity index (χ1n) is 8.09. The maximum absolute atomic E-state index is 12.3. The number of rotatable bonds is 7. The third-order valence-corrected chi connectivity index (χ3v) is 3.85. The molecule has 0 bridgehead atoms. The molecule has 0 saturated carbocycles. The maximum Gasteiger partial charge on any atom is 0.344 e. The zero-order valence-corrected chi connectivity index (χ0v) is 15.5. The summed E-state index contributed by atoms with van der Waals surface area (Å²) < 4.78 is 17.3. The van der Waals surface area contributed by atoms with Gasteiger partial charge in [0.25, 0.3) is 5.91 Å². The van der Waals surface area contributed by atoms with Crippen LogP contribution < -0.4 is 14.8 Å². The zero-order chi connectivity index (χ0) is 19.3. The number of benzene rings is 1. The van der Waals surface area contributed by atoms with Crippen molar-refractivity contribution in [3.8, 4) is 11.5 Å². The van der Waals surface area contributed by atoms with Gasteiger partial charge >= 0.3 is 5.97 Å². The molecule has 2 rings (SSSR count). The molecule has 0 saturated heterocycles. The number of nitrogens with one attached hydrogen (secondary N) is 1. The number of carbonyl (C=O) groups excluding carboxylic acids is 2. The smallest absolute Gasteiger partial charge is 0.344 e. The lowest BCUT2D eigenvalue weighted by molar-refractivity contribution is -0.155. The van der Waals surface area contributed by atoms with Gasteiger partial charge in [0.05, 0.1) is 24.2 Å². The minimum absolute atomic E-state index is 0.330. The van der Waals surface area contributed by atoms with Gasteiger partial charge in [-0.1, -0.05) is 12.1 Å². The van der Waals surface area contributed by atoms with E-state index in [-0.39, 0.29) is 6.61 Å². The summed E-state index contributed by atoms with van der Waals surface area (Å²) in [6.07, 6.45) is -0.970. The highest BCUT2D eigenvalue weighted by Gasteiger charge is 2.21. The highest BCUT2D eigenvalue weighted by atomic mass is 16.6. The largest absolute Gasteiger partial charge is 0.493 e. The van der Waals surface area contributed by atoms with Gasteiger partial charge in [0.2, 0.25) is 0 Å². The van der Waals surface area contributed by atoms with Crippen molar-refractivity contribution in [2.45, 2.75) is 26.9 Å². The van der Waals surface area contributed by atoms with Crippen molar-refractivity contribution in [2.24, 2.45) is 7.05 Å². The van der Waals surface area contributed by atoms with Crippen LogP contribution in [0.25, 0.3) is 0 Å². The summed E-state index contributed by atoms with van der Waals surface area (Å²) in [5.74, 6) is -0.160. The summed E-state index contributed by atoms with van der Waals surface area (Å²) in [4.78, 5) is 24.2. The standard InChI is InChI=1S/C18H23N3O5/c1-11-17(12(2)21(4)20-11)19-18(23)13(3)26-16(22)10-25-15-9-7-6-8-14(15)24-5/h6-9,13H,10H2,1-5H3,(H,19,23)/t13-/m0/s1. The van der Waals surface area contributed by atoms with Crippen molar-refractivity contribution in [3.63, 3.8) is 0 Å². The summed E-state index contributed by atoms with van der Waals surface area (Å²) in [5, 5.41) is 6.96. The molecule has 1 N–H and O–H groups in total. The van der Waals surface area contributed by atoms with Crippen LogP contribution in [0.3, 0.4) is 0 Å². The number of esters is 1. The minimum atomic E-state index is -0.970. The van der Waals surface area contributed by atoms with Crippen LogP contribution in [0.15, 0.2) is 24.3 Å². The van der Waals surface area contributed by atoms with Crippen molar-refractivity contribution in [1.29, 1.82) is 0 Å². The molecule has 1 aromatic carbocycles. The second-order valence-electron chi connectivity index (χ2n) is 5.73. The van der Waals surface area contributed by atoms with E-state index in [1.165, 1.54) is 14.0 Å². The van der Waals surface area contributed by atoms with Crippen molar-refractivity contribution in [1.82, 2.24) is 9.78 Å². The number of nitrogens with zero attached hydrogens (tertiary/aromatic N) is 2. The Morgan fingerprint density at radius 2 is 1.88 bits per heavy atom. The number of ether oxygens (including phenoxy) is 3. The molecule has 1 aromatic heterocycles. The number of hydrogen-bond acceptors (Lipinski definition) is 6. The number of carbonyl (C=O) groups is 2. The Morgan fingerprint density at radius 3 is 2.46 bits per heavy atom. The number of para-hydroxylation sites is 2. The van der Waals surface area contributed by atoms with E-state index in [4.69, 9.17) is 14.2 Å². The quantitative estimate of drug-likeness (QED) is 0.759. The topological polar surface area (TPSA) is 91.7 Å². The Labute approximate surface area is 152 Å². The summed E-state index contributed by atoms with van der Waals surface area (Å²) in [5.41, 5.74) is 2.12. The SMILES string of the molecule is COc1ccccc1OCC(=O)O[C@@H](C)C(=O)Nc1c(C)nn(C)c1C. The van der Waals surface area contributed by atoms with E-state index >= 15 is 0 Å². The number of methoxy groups -OCH3 is 1. The first-order chi connectivity index (χ1) is 12.3. The fourth-order valence-corrected chi connectivity index (χ4v) is 2.34. The molecule has 0 radical (unpaired) electrons. The normalized spacial score (nSPS) is 11.6. The molecule has 0 aliphatic carbocycles. The summed E-state index contributed by atoms with van der Waals surface area (Å²) in [6, 6.07) is 6.95. The molecule has 1 atom stereocenters. The number of amides is 1. The average Bonchev–Trinajstić information content (AvgIpc) is 2.86. The Balaban J connectivity index is 1.89. The number of anilines is 1. The van der Waals surface area contributed by atoms with Crippen molar-refractivity contribution >= 4 is 17.6 Å². The zero-order valence-electron chi connectivity index (χ0n) is 15.5. The van der Waals surface area contributed by atoms with Gasteiger partial charge in [-0.3, -0.25) is 9.48 Å². The molecule has 0 aliphatic heterocycles. The fourth-order valence-electron chi connectivity index (χ4n) is 2.34. The number of hydrogen-bond donors (Lipinski definition) is 1. The van der Waals surface area contributed by atoms with Crippen molar-refractivity contribution < 1.29 is 23.8 Å². The Hall–Kier alpha value is -3.03. The molecular formula is C18H23N3O5. The van der Waals surface area contributed by atoms with E-state index < -0.39 is 18.0 Å². The Bertz CT molecular complexity index is 800. The van der Waals surface area contributed by atoms with Gasteiger partial charge in [-0.2, -0.15) is 5.10 Å². The molecule has 0 fully saturated rings. The maximum atomic E-state index is 12.3. The molecule has 8 nitrogen and oxygen atoms in total. The van der Waals surface area contributed by atoms with Gasteiger partial charge in [-0.05, 0) is 32.9 Å². The highest BCUT2D eigenvalue weighted by Crippen LogP contribution is 2.25. The van der Waals surface area contributed by atoms with Crippen LogP contribution in [0.1, 0.15) is 18.3 Å². The van der Waals surface area contributed by atoms with Crippen LogP contribution in [0.4, 0.5) is 5.69 Å². The lowest BCUT2D eigenvalue weighted by Gasteiger charge is -2.14. The third kappa shape index (κ3) is 4.53. The first kappa shape index (κ1) is 19.3. The van der Waals surface area contributed by atoms with Gasteiger partial charge in [0.15, 0.2) is 24.2 Å². The average molecular weight is 361 g/mol. The van der Waals surface area contributed by atoms with Gasteiger partial charge in [-0.15, -0.1) is 0 Å². The van der Waals surface area contributed by atoms with Gasteiger partial charge in [-0.25, -0.2) is 4.79 Å². The molecule has 1 amide bonds. The van der Waals surface area contributed by atoms with Crippen LogP contribution in [0, 0.1) is 13.8 Å². The lowest BCUT2D eigenvalue weighted by Crippen LogP contribution is -2.32. The third-order valence-electron chi connectivity index (χ3n) is 3.85. The predicted octanol–water partition coefficient (Wildman–Crippen LogP) is 1.99. The monoisotopic (exact) mass is 361 g/mol. The molecule has 140 valence electrons. The fraction of sp³-hybridized carbons (Fsp3) is 0.389. The van der Waals surface area contributed by atoms with E-state index in [1.807, 2.05) is 6.92 Å². The van der Waals surface area contributed by atoms with Crippen LogP contribution in [0.2, 0.25) is 0 Å². The van der Waals surface area contributed by atoms with E-state index in [0.717, 1.165) is 5.69 Å². The molecule has 2 aromatic rings. The summed E-state index contributed by atoms with van der Waals surface area (Å²) in [7, 11) is 3.30. The number of aromatic nitrogens is 2. The summed E-state index contributed by atoms with van der Waals surface area (Å²) in [6.45, 7) is 4.80. The molecular weight excluding hydrogens is 338 g/mol. The van der Waals surface area contributed by atoms with E-state index in [0.29, 0.717) is 22.9 Å². The molecule has 26 heavy (non-hydrogen) atoms. The van der Waals surface area contributed by atoms with Gasteiger partial charge < -0.3 is 19.5 Å². The van der Waals surface area contributed by atoms with Crippen molar-refractivity contribution in [2.75, 3.05) is 19.0 Å². The minimum Gasteiger partial charge on any atom is -0.493 e. The van der Waals surface area contributed by atoms with Crippen LogP contribution in [-0.2, 0) is 21.4 Å². The van der Waals surface area contributed by atoms with Gasteiger partial charge in [0.1, 0.15) is 0 Å². The molecule has 0 unspecified atom stereocenters. The van der Waals surface area contributed by atoms with Crippen molar-refractivity contribution in [3.05, 3.63) is 35.7 Å². The second-order valence-corrected chi connectivity index (χ2v) is 5.73. The lowest BCUT2D eigenvalue weighted by atomic mass is 10.3. The Morgan fingerprint density at radius 1 is 1.23 bits per heavy atom. The molecule has 8 heteroatoms. The first-order valence-corrected chi connectivity index (χ1v) is 8.09. The van der Waals surface area contributed by atoms with Crippen LogP contribution in [-0.4, -0.2) is 41.5 Å². The van der Waals surface area contributed by atoms with Gasteiger partial charge in [0, 0.05) is 7.05 Å². The molecule has 0 spiro atoms. The number of aryl methyl sites for hydroxylation is 2. The van der Waals surface area contributed by atoms with E-state index in [2.05, 4.69) is 10.4 Å². The summed E-state index contributed by atoms with van der Waals surface area (Å²) >= 11 is 0. The Kier molecular flexibility index (Phi) is 6.21. The van der Waals surface area contributed by atoms with E-state index in [1.54, 1.807) is 42.9 Å². The highest BCUT2D eigenvalue weighted by molar-refractivity contribution is 5.96. The van der Waals surface area contributed by atoms with E-state index in [9.17, 15) is 9.59 Å². The second kappa shape index (κ2) is 8.37. The van der Waals surface area contributed by atoms with Crippen LogP contribution in [0.5, 0.6) is 11.5 Å². The molecule has 1 heterocycles. The predicted molar refractivity (Wildman–Crippen MR) is 95.4 cm³/mol.